The summed E-state index contributed by atoms with van der Waals surface area (Å²) in [6.45, 7) is 0. The number of aromatic nitrogens is 3. The summed E-state index contributed by atoms with van der Waals surface area (Å²) >= 11 is 1.61. The molecule has 2 aromatic heterocycles. The highest BCUT2D eigenvalue weighted by Gasteiger charge is 2.17. The van der Waals surface area contributed by atoms with Gasteiger partial charge < -0.3 is 16.4 Å². The molecule has 0 amide bonds. The van der Waals surface area contributed by atoms with Gasteiger partial charge in [-0.3, -0.25) is 0 Å². The molecule has 0 atom stereocenters. The van der Waals surface area contributed by atoms with E-state index in [0.29, 0.717) is 5.82 Å². The first-order valence-electron chi connectivity index (χ1n) is 6.50. The van der Waals surface area contributed by atoms with Gasteiger partial charge in [-0.25, -0.2) is 4.98 Å². The van der Waals surface area contributed by atoms with Crippen molar-refractivity contribution in [3.63, 3.8) is 0 Å². The van der Waals surface area contributed by atoms with Gasteiger partial charge in [-0.2, -0.15) is 4.52 Å². The maximum absolute atomic E-state index is 5.89. The fraction of sp³-hybridized carbons (Fsp3) is 0.143. The van der Waals surface area contributed by atoms with Gasteiger partial charge in [-0.15, -0.1) is 5.10 Å². The van der Waals surface area contributed by atoms with E-state index in [2.05, 4.69) is 32.8 Å². The molecule has 0 fully saturated rings. The normalized spacial score (nSPS) is 10.8. The standard InChI is InChI=1S/C14H16N6S/c1-16-11-8-10(15)18-14-12(13(17-2)19-20(11)14)21-9-6-4-3-5-7-9/h3-8,16H,1-2H3,(H2,15,18)(H,17,19). The van der Waals surface area contributed by atoms with Gasteiger partial charge in [0, 0.05) is 25.1 Å². The van der Waals surface area contributed by atoms with Crippen LogP contribution < -0.4 is 16.4 Å². The maximum Gasteiger partial charge on any atom is 0.175 e. The number of hydrogen-bond donors (Lipinski definition) is 3. The van der Waals surface area contributed by atoms with E-state index in [1.165, 1.54) is 0 Å². The Labute approximate surface area is 126 Å². The first-order valence-corrected chi connectivity index (χ1v) is 7.32. The zero-order valence-electron chi connectivity index (χ0n) is 11.8. The van der Waals surface area contributed by atoms with E-state index in [9.17, 15) is 0 Å². The quantitative estimate of drug-likeness (QED) is 0.687. The Kier molecular flexibility index (Phi) is 3.57. The Morgan fingerprint density at radius 1 is 1.14 bits per heavy atom. The molecule has 0 bridgehead atoms. The van der Waals surface area contributed by atoms with Crippen LogP contribution in [0.15, 0.2) is 46.2 Å². The largest absolute Gasteiger partial charge is 0.384 e. The number of benzene rings is 1. The van der Waals surface area contributed by atoms with E-state index < -0.39 is 0 Å². The molecule has 0 aliphatic heterocycles. The fourth-order valence-corrected chi connectivity index (χ4v) is 3.05. The molecular weight excluding hydrogens is 284 g/mol. The summed E-state index contributed by atoms with van der Waals surface area (Å²) in [7, 11) is 3.68. The molecular formula is C14H16N6S. The van der Waals surface area contributed by atoms with Crippen molar-refractivity contribution < 1.29 is 0 Å². The summed E-state index contributed by atoms with van der Waals surface area (Å²) in [6.07, 6.45) is 0. The minimum Gasteiger partial charge on any atom is -0.384 e. The predicted octanol–water partition coefficient (Wildman–Crippen LogP) is 2.55. The molecule has 0 spiro atoms. The minimum atomic E-state index is 0.462. The maximum atomic E-state index is 5.89. The van der Waals surface area contributed by atoms with Gasteiger partial charge in [0.25, 0.3) is 0 Å². The predicted molar refractivity (Wildman–Crippen MR) is 87.1 cm³/mol. The fourth-order valence-electron chi connectivity index (χ4n) is 2.06. The molecule has 0 saturated heterocycles. The zero-order chi connectivity index (χ0) is 14.8. The lowest BCUT2D eigenvalue weighted by Crippen LogP contribution is -2.03. The molecule has 6 nitrogen and oxygen atoms in total. The number of nitrogens with two attached hydrogens (primary N) is 1. The van der Waals surface area contributed by atoms with Crippen LogP contribution in [-0.2, 0) is 0 Å². The van der Waals surface area contributed by atoms with Gasteiger partial charge in [-0.1, -0.05) is 30.0 Å². The topological polar surface area (TPSA) is 80.3 Å². The van der Waals surface area contributed by atoms with Crippen molar-refractivity contribution in [1.82, 2.24) is 14.6 Å². The minimum absolute atomic E-state index is 0.462. The summed E-state index contributed by atoms with van der Waals surface area (Å²) in [6, 6.07) is 11.9. The summed E-state index contributed by atoms with van der Waals surface area (Å²) in [4.78, 5) is 6.50. The van der Waals surface area contributed by atoms with E-state index in [1.807, 2.05) is 32.3 Å². The van der Waals surface area contributed by atoms with Crippen LogP contribution in [0.4, 0.5) is 17.5 Å². The Bertz CT molecular complexity index is 768. The number of fused-ring (bicyclic) bond motifs is 1. The van der Waals surface area contributed by atoms with Crippen LogP contribution in [0, 0.1) is 0 Å². The van der Waals surface area contributed by atoms with Crippen molar-refractivity contribution in [3.8, 4) is 0 Å². The van der Waals surface area contributed by atoms with Crippen molar-refractivity contribution in [2.24, 2.45) is 0 Å². The molecule has 3 rings (SSSR count). The summed E-state index contributed by atoms with van der Waals surface area (Å²) < 4.78 is 1.76. The van der Waals surface area contributed by atoms with Crippen LogP contribution in [0.3, 0.4) is 0 Å². The third-order valence-corrected chi connectivity index (χ3v) is 4.11. The highest BCUT2D eigenvalue weighted by molar-refractivity contribution is 7.99. The van der Waals surface area contributed by atoms with Crippen LogP contribution in [-0.4, -0.2) is 28.7 Å². The average molecular weight is 300 g/mol. The van der Waals surface area contributed by atoms with Crippen LogP contribution in [0.1, 0.15) is 0 Å². The molecule has 1 aromatic carbocycles. The Hall–Kier alpha value is -2.41. The molecule has 0 radical (unpaired) electrons. The number of rotatable bonds is 4. The molecule has 2 heterocycles. The van der Waals surface area contributed by atoms with Gasteiger partial charge in [0.05, 0.1) is 0 Å². The molecule has 0 aliphatic rings. The summed E-state index contributed by atoms with van der Waals surface area (Å²) in [5.74, 6) is 2.04. The zero-order valence-corrected chi connectivity index (χ0v) is 12.6. The lowest BCUT2D eigenvalue weighted by atomic mass is 10.4. The Morgan fingerprint density at radius 2 is 1.90 bits per heavy atom. The molecule has 0 saturated carbocycles. The van der Waals surface area contributed by atoms with Crippen LogP contribution in [0.5, 0.6) is 0 Å². The molecule has 0 unspecified atom stereocenters. The number of nitrogens with zero attached hydrogens (tertiary/aromatic N) is 3. The van der Waals surface area contributed by atoms with E-state index in [0.717, 1.165) is 27.1 Å². The van der Waals surface area contributed by atoms with E-state index in [1.54, 1.807) is 22.3 Å². The Balaban J connectivity index is 2.18. The van der Waals surface area contributed by atoms with Crippen molar-refractivity contribution >= 4 is 34.9 Å². The van der Waals surface area contributed by atoms with Crippen molar-refractivity contribution in [2.45, 2.75) is 9.79 Å². The summed E-state index contributed by atoms with van der Waals surface area (Å²) in [5, 5.41) is 10.7. The lowest BCUT2D eigenvalue weighted by molar-refractivity contribution is 0.947. The van der Waals surface area contributed by atoms with Crippen LogP contribution in [0.25, 0.3) is 5.65 Å². The molecule has 3 aromatic rings. The van der Waals surface area contributed by atoms with E-state index >= 15 is 0 Å². The van der Waals surface area contributed by atoms with E-state index in [4.69, 9.17) is 5.73 Å². The number of anilines is 3. The third-order valence-electron chi connectivity index (χ3n) is 3.02. The van der Waals surface area contributed by atoms with Gasteiger partial charge in [0.1, 0.15) is 16.5 Å². The Morgan fingerprint density at radius 3 is 2.57 bits per heavy atom. The number of nitrogens with one attached hydrogen (secondary N) is 2. The van der Waals surface area contributed by atoms with Crippen LogP contribution in [0.2, 0.25) is 0 Å². The van der Waals surface area contributed by atoms with E-state index in [-0.39, 0.29) is 0 Å². The molecule has 21 heavy (non-hydrogen) atoms. The second kappa shape index (κ2) is 5.53. The smallest absolute Gasteiger partial charge is 0.175 e. The number of hydrogen-bond acceptors (Lipinski definition) is 6. The second-order valence-electron chi connectivity index (χ2n) is 4.39. The lowest BCUT2D eigenvalue weighted by Gasteiger charge is -2.05. The van der Waals surface area contributed by atoms with Crippen molar-refractivity contribution in [3.05, 3.63) is 36.4 Å². The highest BCUT2D eigenvalue weighted by Crippen LogP contribution is 2.36. The van der Waals surface area contributed by atoms with Crippen LogP contribution >= 0.6 is 11.8 Å². The molecule has 0 aliphatic carbocycles. The summed E-state index contributed by atoms with van der Waals surface area (Å²) in [5.41, 5.74) is 6.63. The molecule has 7 heteroatoms. The highest BCUT2D eigenvalue weighted by atomic mass is 32.2. The SMILES string of the molecule is CNc1nn2c(NC)cc(N)nc2c1Sc1ccccc1. The molecule has 108 valence electrons. The van der Waals surface area contributed by atoms with Gasteiger partial charge in [-0.05, 0) is 12.1 Å². The first kappa shape index (κ1) is 13.6. The third kappa shape index (κ3) is 2.47. The van der Waals surface area contributed by atoms with Gasteiger partial charge in [0.15, 0.2) is 11.5 Å². The second-order valence-corrected chi connectivity index (χ2v) is 5.48. The van der Waals surface area contributed by atoms with Gasteiger partial charge in [0.2, 0.25) is 0 Å². The monoisotopic (exact) mass is 300 g/mol. The van der Waals surface area contributed by atoms with Crippen molar-refractivity contribution in [2.75, 3.05) is 30.5 Å². The number of nitrogen functional groups attached to an aromatic ring is 1. The van der Waals surface area contributed by atoms with Crippen molar-refractivity contribution in [1.29, 1.82) is 0 Å². The molecule has 4 N–H and O–H groups in total. The van der Waals surface area contributed by atoms with Gasteiger partial charge >= 0.3 is 0 Å². The average Bonchev–Trinajstić information content (AvgIpc) is 2.85. The first-order chi connectivity index (χ1) is 10.2.